The highest BCUT2D eigenvalue weighted by atomic mass is 79.9. The summed E-state index contributed by atoms with van der Waals surface area (Å²) in [4.78, 5) is 24.4. The Morgan fingerprint density at radius 2 is 2.16 bits per heavy atom. The second-order valence-electron chi connectivity index (χ2n) is 5.32. The normalized spacial score (nSPS) is 18.5. The molecule has 0 bridgehead atoms. The van der Waals surface area contributed by atoms with Gasteiger partial charge < -0.3 is 14.2 Å². The minimum atomic E-state index is -1.02. The second-order valence-corrected chi connectivity index (χ2v) is 6.23. The highest BCUT2D eigenvalue weighted by Gasteiger charge is 2.42. The molecule has 0 radical (unpaired) electrons. The lowest BCUT2D eigenvalue weighted by atomic mass is 9.81. The van der Waals surface area contributed by atoms with Gasteiger partial charge in [0.05, 0.1) is 25.5 Å². The van der Waals surface area contributed by atoms with Gasteiger partial charge in [-0.25, -0.2) is 0 Å². The summed E-state index contributed by atoms with van der Waals surface area (Å²) in [5.41, 5.74) is 0.626. The fourth-order valence-electron chi connectivity index (χ4n) is 2.63. The van der Waals surface area contributed by atoms with E-state index >= 15 is 0 Å². The van der Waals surface area contributed by atoms with Gasteiger partial charge in [-0.2, -0.15) is 5.26 Å². The lowest BCUT2D eigenvalue weighted by molar-refractivity contribution is -0.148. The summed E-state index contributed by atoms with van der Waals surface area (Å²) in [7, 11) is 0. The van der Waals surface area contributed by atoms with Crippen LogP contribution in [0.4, 0.5) is 0 Å². The van der Waals surface area contributed by atoms with Crippen molar-refractivity contribution in [1.82, 2.24) is 0 Å². The van der Waals surface area contributed by atoms with Crippen molar-refractivity contribution in [2.45, 2.75) is 25.7 Å². The van der Waals surface area contributed by atoms with Crippen molar-refractivity contribution in [2.75, 3.05) is 13.2 Å². The van der Waals surface area contributed by atoms with Gasteiger partial charge >= 0.3 is 11.9 Å². The van der Waals surface area contributed by atoms with Crippen molar-refractivity contribution in [3.8, 4) is 11.8 Å². The van der Waals surface area contributed by atoms with Gasteiger partial charge in [-0.15, -0.1) is 0 Å². The summed E-state index contributed by atoms with van der Waals surface area (Å²) in [5, 5.41) is 16.6. The zero-order valence-electron chi connectivity index (χ0n) is 13.6. The second kappa shape index (κ2) is 8.62. The summed E-state index contributed by atoms with van der Waals surface area (Å²) in [6, 6.07) is 7.06. The van der Waals surface area contributed by atoms with E-state index in [1.165, 1.54) is 0 Å². The number of fused-ring (bicyclic) bond motifs is 1. The Labute approximate surface area is 153 Å². The average Bonchev–Trinajstić information content (AvgIpc) is 2.56. The zero-order valence-corrected chi connectivity index (χ0v) is 15.2. The Morgan fingerprint density at radius 1 is 1.40 bits per heavy atom. The Bertz CT molecular complexity index is 728. The molecule has 2 unspecified atom stereocenters. The first-order valence-corrected chi connectivity index (χ1v) is 8.52. The van der Waals surface area contributed by atoms with Crippen LogP contribution in [0, 0.1) is 22.7 Å². The van der Waals surface area contributed by atoms with Gasteiger partial charge in [0, 0.05) is 16.0 Å². The molecule has 1 N–H and O–H groups in total. The maximum Gasteiger partial charge on any atom is 0.319 e. The molecule has 1 aromatic rings. The van der Waals surface area contributed by atoms with Crippen molar-refractivity contribution < 1.29 is 23.8 Å². The molecule has 0 amide bonds. The Kier molecular flexibility index (Phi) is 6.53. The molecule has 1 aliphatic rings. The van der Waals surface area contributed by atoms with Gasteiger partial charge in [-0.3, -0.25) is 15.0 Å². The highest BCUT2D eigenvalue weighted by molar-refractivity contribution is 9.10. The van der Waals surface area contributed by atoms with Crippen LogP contribution in [0.15, 0.2) is 22.7 Å². The van der Waals surface area contributed by atoms with Crippen molar-refractivity contribution in [3.05, 3.63) is 28.2 Å². The number of hydrogen-bond acceptors (Lipinski definition) is 7. The molecule has 8 heteroatoms. The third-order valence-electron chi connectivity index (χ3n) is 3.68. The van der Waals surface area contributed by atoms with Crippen molar-refractivity contribution in [1.29, 1.82) is 10.7 Å². The van der Waals surface area contributed by atoms with Crippen LogP contribution in [0.25, 0.3) is 0 Å². The molecular formula is C17H17BrN2O5. The molecule has 132 valence electrons. The van der Waals surface area contributed by atoms with Gasteiger partial charge in [0.1, 0.15) is 18.3 Å². The predicted molar refractivity (Wildman–Crippen MR) is 91.2 cm³/mol. The smallest absolute Gasteiger partial charge is 0.319 e. The summed E-state index contributed by atoms with van der Waals surface area (Å²) in [6.45, 7) is 1.82. The molecule has 0 spiro atoms. The van der Waals surface area contributed by atoms with Gasteiger partial charge in [0.25, 0.3) is 0 Å². The van der Waals surface area contributed by atoms with Gasteiger partial charge in [0.2, 0.25) is 5.90 Å². The van der Waals surface area contributed by atoms with Crippen LogP contribution in [-0.4, -0.2) is 31.1 Å². The van der Waals surface area contributed by atoms with Crippen LogP contribution in [0.1, 0.15) is 31.2 Å². The maximum atomic E-state index is 12.3. The van der Waals surface area contributed by atoms with Crippen molar-refractivity contribution in [2.24, 2.45) is 5.92 Å². The van der Waals surface area contributed by atoms with E-state index in [-0.39, 0.29) is 32.0 Å². The van der Waals surface area contributed by atoms with E-state index in [0.29, 0.717) is 11.3 Å². The Morgan fingerprint density at radius 3 is 2.84 bits per heavy atom. The van der Waals surface area contributed by atoms with E-state index in [2.05, 4.69) is 15.9 Å². The first-order chi connectivity index (χ1) is 12.0. The third-order valence-corrected chi connectivity index (χ3v) is 4.17. The molecule has 1 heterocycles. The number of halogens is 1. The zero-order chi connectivity index (χ0) is 18.4. The van der Waals surface area contributed by atoms with E-state index in [1.54, 1.807) is 25.1 Å². The molecule has 0 fully saturated rings. The van der Waals surface area contributed by atoms with Crippen molar-refractivity contribution in [3.63, 3.8) is 0 Å². The first-order valence-electron chi connectivity index (χ1n) is 7.72. The van der Waals surface area contributed by atoms with Crippen LogP contribution in [0.2, 0.25) is 0 Å². The molecule has 2 atom stereocenters. The SMILES string of the molecule is CCOC(=O)C1C(=N)Oc2ccc(Br)cc2C1CC(=O)OCCC#N. The van der Waals surface area contributed by atoms with Crippen LogP contribution in [0.3, 0.4) is 0 Å². The van der Waals surface area contributed by atoms with Crippen molar-refractivity contribution >= 4 is 33.8 Å². The number of hydrogen-bond donors (Lipinski definition) is 1. The predicted octanol–water partition coefficient (Wildman–Crippen LogP) is 2.93. The molecule has 1 aliphatic heterocycles. The lowest BCUT2D eigenvalue weighted by Crippen LogP contribution is -2.39. The van der Waals surface area contributed by atoms with E-state index in [4.69, 9.17) is 24.9 Å². The average molecular weight is 409 g/mol. The largest absolute Gasteiger partial charge is 0.465 e. The molecule has 2 rings (SSSR count). The highest BCUT2D eigenvalue weighted by Crippen LogP contribution is 2.42. The molecule has 7 nitrogen and oxygen atoms in total. The summed E-state index contributed by atoms with van der Waals surface area (Å²) in [6.07, 6.45) is -0.0249. The number of nitrogens with zero attached hydrogens (tertiary/aromatic N) is 1. The summed E-state index contributed by atoms with van der Waals surface area (Å²) in [5.74, 6) is -2.66. The number of esters is 2. The molecule has 1 aromatic carbocycles. The first kappa shape index (κ1) is 18.9. The van der Waals surface area contributed by atoms with Gasteiger partial charge in [0.15, 0.2) is 0 Å². The number of nitrogens with one attached hydrogen (secondary N) is 1. The Hall–Kier alpha value is -2.40. The fourth-order valence-corrected chi connectivity index (χ4v) is 3.01. The number of benzene rings is 1. The fraction of sp³-hybridized carbons (Fsp3) is 0.412. The maximum absolute atomic E-state index is 12.3. The number of ether oxygens (including phenoxy) is 3. The quantitative estimate of drug-likeness (QED) is 0.572. The third kappa shape index (κ3) is 4.57. The summed E-state index contributed by atoms with van der Waals surface area (Å²) < 4.78 is 16.3. The van der Waals surface area contributed by atoms with E-state index < -0.39 is 23.8 Å². The molecular weight excluding hydrogens is 392 g/mol. The number of carbonyl (C=O) groups is 2. The van der Waals surface area contributed by atoms with E-state index in [0.717, 1.165) is 4.47 Å². The van der Waals surface area contributed by atoms with E-state index in [1.807, 2.05) is 6.07 Å². The Balaban J connectivity index is 2.32. The molecule has 25 heavy (non-hydrogen) atoms. The van der Waals surface area contributed by atoms with E-state index in [9.17, 15) is 9.59 Å². The van der Waals surface area contributed by atoms with Crippen LogP contribution >= 0.6 is 15.9 Å². The van der Waals surface area contributed by atoms with Gasteiger partial charge in [-0.05, 0) is 25.1 Å². The molecule has 0 saturated carbocycles. The lowest BCUT2D eigenvalue weighted by Gasteiger charge is -2.31. The number of carbonyl (C=O) groups excluding carboxylic acids is 2. The topological polar surface area (TPSA) is 109 Å². The van der Waals surface area contributed by atoms with Crippen LogP contribution in [-0.2, 0) is 19.1 Å². The van der Waals surface area contributed by atoms with Crippen LogP contribution in [0.5, 0.6) is 5.75 Å². The monoisotopic (exact) mass is 408 g/mol. The minimum Gasteiger partial charge on any atom is -0.465 e. The minimum absolute atomic E-state index is 0.00852. The summed E-state index contributed by atoms with van der Waals surface area (Å²) >= 11 is 3.36. The number of rotatable bonds is 6. The molecule has 0 aromatic heterocycles. The number of nitriles is 1. The van der Waals surface area contributed by atoms with Crippen LogP contribution < -0.4 is 4.74 Å². The van der Waals surface area contributed by atoms with Gasteiger partial charge in [-0.1, -0.05) is 15.9 Å². The standard InChI is InChI=1S/C17H17BrN2O5/c1-2-23-17(22)15-12(9-14(21)24-7-3-6-19)11-8-10(18)4-5-13(11)25-16(15)20/h4-5,8,12,15,20H,2-3,7,9H2,1H3. The molecule has 0 saturated heterocycles. The molecule has 0 aliphatic carbocycles.